The molecule has 1 N–H and O–H groups in total. The highest BCUT2D eigenvalue weighted by Crippen LogP contribution is 2.36. The van der Waals surface area contributed by atoms with E-state index in [4.69, 9.17) is 9.47 Å². The van der Waals surface area contributed by atoms with Crippen LogP contribution in [0.25, 0.3) is 0 Å². The lowest BCUT2D eigenvalue weighted by Gasteiger charge is -2.33. The molecule has 0 radical (unpaired) electrons. The maximum Gasteiger partial charge on any atom is 0.244 e. The minimum absolute atomic E-state index is 0.0484. The van der Waals surface area contributed by atoms with Gasteiger partial charge in [0.25, 0.3) is 0 Å². The summed E-state index contributed by atoms with van der Waals surface area (Å²) in [4.78, 5) is 28.1. The number of rotatable bonds is 12. The number of unbranched alkanes of at least 4 members (excludes halogenated alkanes) is 1. The third kappa shape index (κ3) is 6.88. The van der Waals surface area contributed by atoms with Gasteiger partial charge in [-0.2, -0.15) is 0 Å². The standard InChI is InChI=1S/C25H33N3O6S/c1-4-6-14-26-25(30)21(5-2)27(16-19-10-8-7-9-11-19)24(29)17-28(35(3,31)32)20-12-13-22-23(15-20)34-18-33-22/h7-13,15,21H,4-6,14,16-18H2,1-3H3,(H,26,30)/t21-/m1/s1. The van der Waals surface area contributed by atoms with Crippen LogP contribution < -0.4 is 19.1 Å². The molecular formula is C25H33N3O6S. The molecule has 0 spiro atoms. The summed E-state index contributed by atoms with van der Waals surface area (Å²) in [7, 11) is -3.82. The zero-order valence-electron chi connectivity index (χ0n) is 20.4. The van der Waals surface area contributed by atoms with Crippen LogP contribution in [0.5, 0.6) is 11.5 Å². The largest absolute Gasteiger partial charge is 0.454 e. The molecule has 2 aromatic carbocycles. The van der Waals surface area contributed by atoms with Gasteiger partial charge in [0.2, 0.25) is 28.6 Å². The van der Waals surface area contributed by atoms with Gasteiger partial charge in [-0.05, 0) is 30.5 Å². The number of fused-ring (bicyclic) bond motifs is 1. The quantitative estimate of drug-likeness (QED) is 0.447. The summed E-state index contributed by atoms with van der Waals surface area (Å²) in [6.45, 7) is 4.16. The van der Waals surface area contributed by atoms with Crippen LogP contribution in [0.4, 0.5) is 5.69 Å². The predicted octanol–water partition coefficient (Wildman–Crippen LogP) is 2.91. The third-order valence-electron chi connectivity index (χ3n) is 5.73. The molecule has 1 atom stereocenters. The molecule has 190 valence electrons. The zero-order chi connectivity index (χ0) is 25.4. The van der Waals surface area contributed by atoms with Crippen LogP contribution in [0.2, 0.25) is 0 Å². The van der Waals surface area contributed by atoms with Crippen molar-refractivity contribution in [2.45, 2.75) is 45.7 Å². The Balaban J connectivity index is 1.90. The number of anilines is 1. The van der Waals surface area contributed by atoms with Gasteiger partial charge in [0, 0.05) is 19.2 Å². The lowest BCUT2D eigenvalue weighted by Crippen LogP contribution is -2.52. The van der Waals surface area contributed by atoms with Crippen LogP contribution in [0, 0.1) is 0 Å². The molecule has 2 aromatic rings. The van der Waals surface area contributed by atoms with Crippen LogP contribution in [-0.2, 0) is 26.2 Å². The fraction of sp³-hybridized carbons (Fsp3) is 0.440. The minimum atomic E-state index is -3.82. The highest BCUT2D eigenvalue weighted by Gasteiger charge is 2.32. The number of nitrogens with one attached hydrogen (secondary N) is 1. The van der Waals surface area contributed by atoms with E-state index in [1.807, 2.05) is 44.2 Å². The Hall–Kier alpha value is -3.27. The van der Waals surface area contributed by atoms with E-state index >= 15 is 0 Å². The Labute approximate surface area is 207 Å². The van der Waals surface area contributed by atoms with E-state index in [0.717, 1.165) is 29.0 Å². The average Bonchev–Trinajstić information content (AvgIpc) is 3.30. The van der Waals surface area contributed by atoms with E-state index in [-0.39, 0.29) is 24.9 Å². The monoisotopic (exact) mass is 503 g/mol. The second-order valence-corrected chi connectivity index (χ2v) is 10.3. The molecule has 2 amide bonds. The summed E-state index contributed by atoms with van der Waals surface area (Å²) in [6, 6.07) is 13.3. The average molecular weight is 504 g/mol. The number of nitrogens with zero attached hydrogens (tertiary/aromatic N) is 2. The molecule has 10 heteroatoms. The van der Waals surface area contributed by atoms with Crippen LogP contribution in [0.1, 0.15) is 38.7 Å². The van der Waals surface area contributed by atoms with Gasteiger partial charge in [-0.1, -0.05) is 50.6 Å². The number of sulfonamides is 1. The van der Waals surface area contributed by atoms with Crippen LogP contribution in [0.15, 0.2) is 48.5 Å². The lowest BCUT2D eigenvalue weighted by atomic mass is 10.1. The van der Waals surface area contributed by atoms with Crippen LogP contribution in [0.3, 0.4) is 0 Å². The fourth-order valence-corrected chi connectivity index (χ4v) is 4.70. The molecular weight excluding hydrogens is 470 g/mol. The van der Waals surface area contributed by atoms with Crippen molar-refractivity contribution < 1.29 is 27.5 Å². The molecule has 1 aliphatic rings. The summed E-state index contributed by atoms with van der Waals surface area (Å²) in [5.74, 6) is 0.189. The van der Waals surface area contributed by atoms with Crippen molar-refractivity contribution in [2.24, 2.45) is 0 Å². The first-order valence-electron chi connectivity index (χ1n) is 11.7. The summed E-state index contributed by atoms with van der Waals surface area (Å²) in [5, 5.41) is 2.90. The molecule has 35 heavy (non-hydrogen) atoms. The van der Waals surface area contributed by atoms with Crippen molar-refractivity contribution in [2.75, 3.05) is 30.4 Å². The molecule has 9 nitrogen and oxygen atoms in total. The molecule has 0 aliphatic carbocycles. The third-order valence-corrected chi connectivity index (χ3v) is 6.88. The molecule has 0 saturated heterocycles. The summed E-state index contributed by atoms with van der Waals surface area (Å²) in [5.41, 5.74) is 1.12. The summed E-state index contributed by atoms with van der Waals surface area (Å²) >= 11 is 0. The van der Waals surface area contributed by atoms with E-state index in [2.05, 4.69) is 5.32 Å². The second-order valence-electron chi connectivity index (χ2n) is 8.38. The summed E-state index contributed by atoms with van der Waals surface area (Å²) < 4.78 is 37.1. The molecule has 0 aromatic heterocycles. The van der Waals surface area contributed by atoms with Gasteiger partial charge in [0.05, 0.1) is 11.9 Å². The normalized spacial score (nSPS) is 13.2. The van der Waals surface area contributed by atoms with Crippen molar-refractivity contribution >= 4 is 27.5 Å². The molecule has 0 fully saturated rings. The van der Waals surface area contributed by atoms with Gasteiger partial charge in [0.15, 0.2) is 11.5 Å². The molecule has 3 rings (SSSR count). The van der Waals surface area contributed by atoms with E-state index < -0.39 is 28.5 Å². The molecule has 1 heterocycles. The Morgan fingerprint density at radius 1 is 1.06 bits per heavy atom. The van der Waals surface area contributed by atoms with Gasteiger partial charge in [-0.3, -0.25) is 13.9 Å². The molecule has 0 saturated carbocycles. The van der Waals surface area contributed by atoms with Gasteiger partial charge in [-0.25, -0.2) is 8.42 Å². The Morgan fingerprint density at radius 3 is 2.43 bits per heavy atom. The van der Waals surface area contributed by atoms with Crippen molar-refractivity contribution in [3.63, 3.8) is 0 Å². The van der Waals surface area contributed by atoms with E-state index in [0.29, 0.717) is 24.5 Å². The second kappa shape index (κ2) is 11.9. The molecule has 0 unspecified atom stereocenters. The van der Waals surface area contributed by atoms with Crippen molar-refractivity contribution in [3.05, 3.63) is 54.1 Å². The van der Waals surface area contributed by atoms with Crippen LogP contribution in [-0.4, -0.2) is 57.3 Å². The zero-order valence-corrected chi connectivity index (χ0v) is 21.2. The van der Waals surface area contributed by atoms with Gasteiger partial charge in [0.1, 0.15) is 12.6 Å². The molecule has 0 bridgehead atoms. The SMILES string of the molecule is CCCCNC(=O)[C@@H](CC)N(Cc1ccccc1)C(=O)CN(c1ccc2c(c1)OCO2)S(C)(=O)=O. The van der Waals surface area contributed by atoms with Crippen molar-refractivity contribution in [1.82, 2.24) is 10.2 Å². The van der Waals surface area contributed by atoms with Gasteiger partial charge >= 0.3 is 0 Å². The Bertz CT molecular complexity index is 1120. The maximum atomic E-state index is 13.6. The smallest absolute Gasteiger partial charge is 0.244 e. The van der Waals surface area contributed by atoms with Crippen LogP contribution >= 0.6 is 0 Å². The maximum absolute atomic E-state index is 13.6. The van der Waals surface area contributed by atoms with Crippen molar-refractivity contribution in [1.29, 1.82) is 0 Å². The van der Waals surface area contributed by atoms with Gasteiger partial charge in [-0.15, -0.1) is 0 Å². The lowest BCUT2D eigenvalue weighted by molar-refractivity contribution is -0.140. The first-order valence-corrected chi connectivity index (χ1v) is 13.6. The minimum Gasteiger partial charge on any atom is -0.454 e. The summed E-state index contributed by atoms with van der Waals surface area (Å²) in [6.07, 6.45) is 3.20. The van der Waals surface area contributed by atoms with E-state index in [9.17, 15) is 18.0 Å². The highest BCUT2D eigenvalue weighted by molar-refractivity contribution is 7.92. The predicted molar refractivity (Wildman–Crippen MR) is 134 cm³/mol. The van der Waals surface area contributed by atoms with Crippen molar-refractivity contribution in [3.8, 4) is 11.5 Å². The number of carbonyl (C=O) groups excluding carboxylic acids is 2. The number of amides is 2. The highest BCUT2D eigenvalue weighted by atomic mass is 32.2. The van der Waals surface area contributed by atoms with Gasteiger partial charge < -0.3 is 19.7 Å². The number of ether oxygens (including phenoxy) is 2. The van der Waals surface area contributed by atoms with E-state index in [1.165, 1.54) is 11.0 Å². The number of benzene rings is 2. The first-order chi connectivity index (χ1) is 16.7. The number of hydrogen-bond donors (Lipinski definition) is 1. The first kappa shape index (κ1) is 26.3. The topological polar surface area (TPSA) is 105 Å². The number of carbonyl (C=O) groups is 2. The van der Waals surface area contributed by atoms with E-state index in [1.54, 1.807) is 12.1 Å². The fourth-order valence-electron chi connectivity index (χ4n) is 3.86. The Kier molecular flexibility index (Phi) is 8.97. The number of hydrogen-bond acceptors (Lipinski definition) is 6. The molecule has 1 aliphatic heterocycles. The Morgan fingerprint density at radius 2 is 1.77 bits per heavy atom.